The monoisotopic (exact) mass is 315 g/mol. The maximum Gasteiger partial charge on any atom is 0.433 e. The molecular weight excluding hydrogens is 303 g/mol. The molecule has 2 N–H and O–H groups in total. The van der Waals surface area contributed by atoms with E-state index in [1.54, 1.807) is 24.3 Å². The van der Waals surface area contributed by atoms with Crippen LogP contribution in [0.1, 0.15) is 11.3 Å². The lowest BCUT2D eigenvalue weighted by atomic mass is 10.2. The Balaban J connectivity index is 1.95. The summed E-state index contributed by atoms with van der Waals surface area (Å²) in [4.78, 5) is 3.41. The number of hydrogen-bond acceptors (Lipinski definition) is 3. The molecule has 7 heteroatoms. The highest BCUT2D eigenvalue weighted by atomic mass is 35.5. The second-order valence-corrected chi connectivity index (χ2v) is 4.91. The van der Waals surface area contributed by atoms with Crippen LogP contribution in [0.3, 0.4) is 0 Å². The molecule has 3 nitrogen and oxygen atoms in total. The number of anilines is 1. The second kappa shape index (κ2) is 6.32. The summed E-state index contributed by atoms with van der Waals surface area (Å²) in [6.45, 7) is 0.453. The van der Waals surface area contributed by atoms with Gasteiger partial charge in [-0.1, -0.05) is 17.7 Å². The summed E-state index contributed by atoms with van der Waals surface area (Å²) in [6, 6.07) is 9.36. The fourth-order valence-electron chi connectivity index (χ4n) is 1.75. The van der Waals surface area contributed by atoms with Crippen molar-refractivity contribution in [3.63, 3.8) is 0 Å². The van der Waals surface area contributed by atoms with Gasteiger partial charge in [-0.25, -0.2) is 5.84 Å². The minimum atomic E-state index is -4.41. The van der Waals surface area contributed by atoms with E-state index >= 15 is 0 Å². The van der Waals surface area contributed by atoms with Crippen LogP contribution in [0.2, 0.25) is 5.02 Å². The largest absolute Gasteiger partial charge is 0.433 e. The molecule has 0 aliphatic rings. The van der Waals surface area contributed by atoms with Crippen molar-refractivity contribution in [2.45, 2.75) is 12.6 Å². The lowest BCUT2D eigenvalue weighted by Crippen LogP contribution is -2.32. The Morgan fingerprint density at radius 1 is 1.10 bits per heavy atom. The maximum absolute atomic E-state index is 12.4. The molecule has 1 heterocycles. The molecular formula is C14H13ClF3N3. The van der Waals surface area contributed by atoms with E-state index < -0.39 is 11.9 Å². The maximum atomic E-state index is 12.4. The zero-order valence-electron chi connectivity index (χ0n) is 10.9. The number of rotatable bonds is 4. The van der Waals surface area contributed by atoms with Crippen molar-refractivity contribution in [3.8, 4) is 0 Å². The van der Waals surface area contributed by atoms with E-state index in [-0.39, 0.29) is 0 Å². The molecule has 0 unspecified atom stereocenters. The van der Waals surface area contributed by atoms with Gasteiger partial charge in [-0.15, -0.1) is 0 Å². The summed E-state index contributed by atoms with van der Waals surface area (Å²) in [6.07, 6.45) is -2.70. The Morgan fingerprint density at radius 3 is 2.29 bits per heavy atom. The minimum Gasteiger partial charge on any atom is -0.311 e. The molecule has 21 heavy (non-hydrogen) atoms. The summed E-state index contributed by atoms with van der Waals surface area (Å²) < 4.78 is 37.2. The van der Waals surface area contributed by atoms with Crippen LogP contribution in [0.4, 0.5) is 18.9 Å². The van der Waals surface area contributed by atoms with Gasteiger partial charge in [-0.3, -0.25) is 4.98 Å². The fraction of sp³-hybridized carbons (Fsp3) is 0.214. The first-order valence-electron chi connectivity index (χ1n) is 6.16. The molecule has 0 saturated heterocycles. The molecule has 0 spiro atoms. The molecule has 0 saturated carbocycles. The topological polar surface area (TPSA) is 42.1 Å². The number of halogens is 4. The highest BCUT2D eigenvalue weighted by Gasteiger charge is 2.31. The van der Waals surface area contributed by atoms with E-state index in [2.05, 4.69) is 4.98 Å². The van der Waals surface area contributed by atoms with Crippen LogP contribution in [0.15, 0.2) is 42.6 Å². The third-order valence-corrected chi connectivity index (χ3v) is 3.17. The molecule has 0 aliphatic carbocycles. The van der Waals surface area contributed by atoms with Crippen LogP contribution >= 0.6 is 11.6 Å². The third-order valence-electron chi connectivity index (χ3n) is 2.91. The number of nitrogens with zero attached hydrogens (tertiary/aromatic N) is 2. The average Bonchev–Trinajstić information content (AvgIpc) is 2.45. The molecule has 0 amide bonds. The Morgan fingerprint density at radius 2 is 1.76 bits per heavy atom. The Labute approximate surface area is 125 Å². The number of hydrazine groups is 1. The summed E-state index contributed by atoms with van der Waals surface area (Å²) in [7, 11) is 0. The van der Waals surface area contributed by atoms with Crippen molar-refractivity contribution in [1.29, 1.82) is 0 Å². The number of nitrogens with two attached hydrogens (primary N) is 1. The number of benzene rings is 1. The van der Waals surface area contributed by atoms with Crippen LogP contribution in [0.25, 0.3) is 0 Å². The minimum absolute atomic E-state index is 0.453. The number of hydrogen-bond donors (Lipinski definition) is 1. The molecule has 0 bridgehead atoms. The molecule has 0 radical (unpaired) electrons. The van der Waals surface area contributed by atoms with Crippen molar-refractivity contribution in [3.05, 3.63) is 58.9 Å². The number of aromatic nitrogens is 1. The molecule has 2 rings (SSSR count). The van der Waals surface area contributed by atoms with Gasteiger partial charge in [0.25, 0.3) is 0 Å². The number of pyridine rings is 1. The van der Waals surface area contributed by atoms with Crippen LogP contribution in [0.5, 0.6) is 0 Å². The normalized spacial score (nSPS) is 11.5. The summed E-state index contributed by atoms with van der Waals surface area (Å²) in [5.41, 5.74) is 0.570. The van der Waals surface area contributed by atoms with E-state index in [0.29, 0.717) is 23.6 Å². The van der Waals surface area contributed by atoms with Crippen molar-refractivity contribution in [1.82, 2.24) is 4.98 Å². The van der Waals surface area contributed by atoms with Crippen molar-refractivity contribution < 1.29 is 13.2 Å². The van der Waals surface area contributed by atoms with Gasteiger partial charge in [0.05, 0.1) is 5.69 Å². The van der Waals surface area contributed by atoms with Gasteiger partial charge < -0.3 is 5.01 Å². The smallest absolute Gasteiger partial charge is 0.311 e. The van der Waals surface area contributed by atoms with Gasteiger partial charge in [0.2, 0.25) is 0 Å². The van der Waals surface area contributed by atoms with Gasteiger partial charge in [0, 0.05) is 17.8 Å². The molecule has 0 fully saturated rings. The quantitative estimate of drug-likeness (QED) is 0.691. The summed E-state index contributed by atoms with van der Waals surface area (Å²) in [5, 5.41) is 2.12. The molecule has 112 valence electrons. The molecule has 2 aromatic rings. The van der Waals surface area contributed by atoms with E-state index in [1.807, 2.05) is 0 Å². The number of alkyl halides is 3. The Kier molecular flexibility index (Phi) is 4.69. The first kappa shape index (κ1) is 15.6. The van der Waals surface area contributed by atoms with Gasteiger partial charge in [-0.2, -0.15) is 13.2 Å². The highest BCUT2D eigenvalue weighted by molar-refractivity contribution is 6.30. The summed E-state index contributed by atoms with van der Waals surface area (Å²) in [5.74, 6) is 5.88. The Bertz CT molecular complexity index is 582. The highest BCUT2D eigenvalue weighted by Crippen LogP contribution is 2.27. The summed E-state index contributed by atoms with van der Waals surface area (Å²) >= 11 is 5.78. The first-order chi connectivity index (χ1) is 9.86. The average molecular weight is 316 g/mol. The molecule has 0 atom stereocenters. The van der Waals surface area contributed by atoms with Crippen LogP contribution in [0, 0.1) is 0 Å². The third kappa shape index (κ3) is 4.34. The van der Waals surface area contributed by atoms with Crippen LogP contribution in [-0.2, 0) is 12.6 Å². The standard InChI is InChI=1S/C14H13ClF3N3/c15-11-2-4-12(5-3-11)21(19)8-7-10-1-6-13(20-9-10)14(16,17)18/h1-6,9H,7-8,19H2. The second-order valence-electron chi connectivity index (χ2n) is 4.47. The SMILES string of the molecule is NN(CCc1ccc(C(F)(F)F)nc1)c1ccc(Cl)cc1. The molecule has 1 aromatic heterocycles. The zero-order valence-corrected chi connectivity index (χ0v) is 11.7. The van der Waals surface area contributed by atoms with E-state index in [0.717, 1.165) is 11.8 Å². The lowest BCUT2D eigenvalue weighted by Gasteiger charge is -2.18. The van der Waals surface area contributed by atoms with Gasteiger partial charge in [-0.05, 0) is 42.3 Å². The lowest BCUT2D eigenvalue weighted by molar-refractivity contribution is -0.141. The van der Waals surface area contributed by atoms with Crippen molar-refractivity contribution in [2.24, 2.45) is 5.84 Å². The van der Waals surface area contributed by atoms with Gasteiger partial charge >= 0.3 is 6.18 Å². The molecule has 1 aromatic carbocycles. The van der Waals surface area contributed by atoms with E-state index in [9.17, 15) is 13.2 Å². The van der Waals surface area contributed by atoms with Crippen LogP contribution in [-0.4, -0.2) is 11.5 Å². The zero-order chi connectivity index (χ0) is 15.5. The van der Waals surface area contributed by atoms with E-state index in [4.69, 9.17) is 17.4 Å². The van der Waals surface area contributed by atoms with Gasteiger partial charge in [0.15, 0.2) is 0 Å². The predicted molar refractivity (Wildman–Crippen MR) is 75.9 cm³/mol. The molecule has 0 aliphatic heterocycles. The Hall–Kier alpha value is -1.79. The van der Waals surface area contributed by atoms with Gasteiger partial charge in [0.1, 0.15) is 5.69 Å². The van der Waals surface area contributed by atoms with E-state index in [1.165, 1.54) is 17.3 Å². The fourth-order valence-corrected chi connectivity index (χ4v) is 1.88. The first-order valence-corrected chi connectivity index (χ1v) is 6.54. The van der Waals surface area contributed by atoms with Crippen LogP contribution < -0.4 is 10.9 Å². The van der Waals surface area contributed by atoms with Crippen molar-refractivity contribution >= 4 is 17.3 Å². The predicted octanol–water partition coefficient (Wildman–Crippen LogP) is 3.68. The van der Waals surface area contributed by atoms with Crippen molar-refractivity contribution in [2.75, 3.05) is 11.6 Å².